The first kappa shape index (κ1) is 13.7. The molecule has 3 nitrogen and oxygen atoms in total. The highest BCUT2D eigenvalue weighted by Crippen LogP contribution is 2.28. The van der Waals surface area contributed by atoms with Crippen LogP contribution in [0.15, 0.2) is 54.9 Å². The Bertz CT molecular complexity index is 775. The number of hydrogen-bond donors (Lipinski definition) is 2. The summed E-state index contributed by atoms with van der Waals surface area (Å²) in [5, 5.41) is 2.30. The van der Waals surface area contributed by atoms with Crippen LogP contribution in [0.2, 0.25) is 0 Å². The molecule has 1 atom stereocenters. The van der Waals surface area contributed by atoms with E-state index in [-0.39, 0.29) is 6.04 Å². The fraction of sp³-hybridized carbons (Fsp3) is 0.167. The maximum Gasteiger partial charge on any atom is 0.0716 e. The maximum absolute atomic E-state index is 5.85. The molecular formula is C18H19N3. The summed E-state index contributed by atoms with van der Waals surface area (Å²) in [5.41, 5.74) is 7.81. The second-order valence-corrected chi connectivity index (χ2v) is 5.39. The van der Waals surface area contributed by atoms with Gasteiger partial charge in [0.05, 0.1) is 6.04 Å². The standard InChI is InChI=1S/C18H19N3/c1-12-6-7-15(10-13(12)2)18(21-19)16-5-3-4-14-8-9-20-11-17(14)16/h3-11,18,21H,19H2,1-2H3. The molecule has 3 aromatic rings. The molecule has 0 aliphatic heterocycles. The van der Waals surface area contributed by atoms with Crippen LogP contribution in [0.25, 0.3) is 10.8 Å². The molecule has 1 aromatic heterocycles. The van der Waals surface area contributed by atoms with Crippen molar-refractivity contribution in [2.24, 2.45) is 5.84 Å². The van der Waals surface area contributed by atoms with Crippen molar-refractivity contribution in [1.82, 2.24) is 10.4 Å². The SMILES string of the molecule is Cc1ccc(C(NN)c2cccc3ccncc23)cc1C. The lowest BCUT2D eigenvalue weighted by molar-refractivity contribution is 0.640. The van der Waals surface area contributed by atoms with E-state index in [1.807, 2.05) is 18.5 Å². The van der Waals surface area contributed by atoms with Crippen LogP contribution in [-0.2, 0) is 0 Å². The van der Waals surface area contributed by atoms with Crippen LogP contribution in [0.3, 0.4) is 0 Å². The highest BCUT2D eigenvalue weighted by atomic mass is 15.2. The average Bonchev–Trinajstić information content (AvgIpc) is 2.52. The van der Waals surface area contributed by atoms with Gasteiger partial charge in [0.25, 0.3) is 0 Å². The van der Waals surface area contributed by atoms with Crippen LogP contribution in [0, 0.1) is 13.8 Å². The van der Waals surface area contributed by atoms with Crippen LogP contribution in [0.4, 0.5) is 0 Å². The number of hydrogen-bond acceptors (Lipinski definition) is 3. The Labute approximate surface area is 124 Å². The summed E-state index contributed by atoms with van der Waals surface area (Å²) in [6.07, 6.45) is 3.71. The van der Waals surface area contributed by atoms with Crippen molar-refractivity contribution < 1.29 is 0 Å². The molecule has 1 unspecified atom stereocenters. The summed E-state index contributed by atoms with van der Waals surface area (Å²) in [6.45, 7) is 4.24. The molecule has 0 aliphatic rings. The van der Waals surface area contributed by atoms with Gasteiger partial charge >= 0.3 is 0 Å². The first-order chi connectivity index (χ1) is 10.2. The minimum atomic E-state index is -0.0443. The van der Waals surface area contributed by atoms with Gasteiger partial charge in [0.1, 0.15) is 0 Å². The van der Waals surface area contributed by atoms with Crippen molar-refractivity contribution >= 4 is 10.8 Å². The Balaban J connectivity index is 2.16. The molecule has 3 rings (SSSR count). The summed E-state index contributed by atoms with van der Waals surface area (Å²) in [5.74, 6) is 5.85. The molecule has 0 radical (unpaired) electrons. The molecule has 0 aliphatic carbocycles. The molecule has 106 valence electrons. The zero-order chi connectivity index (χ0) is 14.8. The van der Waals surface area contributed by atoms with Crippen molar-refractivity contribution in [2.45, 2.75) is 19.9 Å². The number of rotatable bonds is 3. The third-order valence-corrected chi connectivity index (χ3v) is 4.06. The molecule has 2 aromatic carbocycles. The summed E-state index contributed by atoms with van der Waals surface area (Å²) >= 11 is 0. The smallest absolute Gasteiger partial charge is 0.0716 e. The normalized spacial score (nSPS) is 12.5. The van der Waals surface area contributed by atoms with Gasteiger partial charge in [-0.25, -0.2) is 5.43 Å². The third kappa shape index (κ3) is 2.53. The predicted molar refractivity (Wildman–Crippen MR) is 86.8 cm³/mol. The van der Waals surface area contributed by atoms with Crippen molar-refractivity contribution in [3.8, 4) is 0 Å². The Hall–Kier alpha value is -2.23. The van der Waals surface area contributed by atoms with E-state index >= 15 is 0 Å². The number of pyridine rings is 1. The molecule has 3 heteroatoms. The number of aryl methyl sites for hydroxylation is 2. The van der Waals surface area contributed by atoms with Crippen molar-refractivity contribution in [2.75, 3.05) is 0 Å². The first-order valence-corrected chi connectivity index (χ1v) is 7.06. The van der Waals surface area contributed by atoms with Gasteiger partial charge in [-0.1, -0.05) is 36.4 Å². The third-order valence-electron chi connectivity index (χ3n) is 4.06. The zero-order valence-corrected chi connectivity index (χ0v) is 12.3. The average molecular weight is 277 g/mol. The molecule has 0 amide bonds. The quantitative estimate of drug-likeness (QED) is 0.570. The summed E-state index contributed by atoms with van der Waals surface area (Å²) in [7, 11) is 0. The number of fused-ring (bicyclic) bond motifs is 1. The Kier molecular flexibility index (Phi) is 3.69. The van der Waals surface area contributed by atoms with Crippen LogP contribution < -0.4 is 11.3 Å². The molecule has 1 heterocycles. The molecule has 0 bridgehead atoms. The van der Waals surface area contributed by atoms with Crippen LogP contribution in [0.5, 0.6) is 0 Å². The van der Waals surface area contributed by atoms with E-state index < -0.39 is 0 Å². The monoisotopic (exact) mass is 277 g/mol. The molecule has 3 N–H and O–H groups in total. The maximum atomic E-state index is 5.85. The molecule has 0 saturated carbocycles. The fourth-order valence-corrected chi connectivity index (χ4v) is 2.70. The van der Waals surface area contributed by atoms with Gasteiger partial charge in [0.2, 0.25) is 0 Å². The summed E-state index contributed by atoms with van der Waals surface area (Å²) < 4.78 is 0. The minimum absolute atomic E-state index is 0.0443. The molecule has 0 fully saturated rings. The van der Waals surface area contributed by atoms with E-state index in [0.717, 1.165) is 16.5 Å². The van der Waals surface area contributed by atoms with Crippen LogP contribution >= 0.6 is 0 Å². The van der Waals surface area contributed by atoms with Gasteiger partial charge in [0, 0.05) is 17.8 Å². The first-order valence-electron chi connectivity index (χ1n) is 7.06. The topological polar surface area (TPSA) is 50.9 Å². The van der Waals surface area contributed by atoms with Gasteiger partial charge in [-0.2, -0.15) is 0 Å². The highest BCUT2D eigenvalue weighted by molar-refractivity contribution is 5.85. The predicted octanol–water partition coefficient (Wildman–Crippen LogP) is 3.40. The number of nitrogens with zero attached hydrogens (tertiary/aromatic N) is 1. The van der Waals surface area contributed by atoms with E-state index in [1.165, 1.54) is 16.5 Å². The Morgan fingerprint density at radius 1 is 1.05 bits per heavy atom. The second-order valence-electron chi connectivity index (χ2n) is 5.39. The molecular weight excluding hydrogens is 258 g/mol. The van der Waals surface area contributed by atoms with Gasteiger partial charge in [-0.3, -0.25) is 10.8 Å². The number of nitrogens with two attached hydrogens (primary N) is 1. The highest BCUT2D eigenvalue weighted by Gasteiger charge is 2.15. The van der Waals surface area contributed by atoms with E-state index in [9.17, 15) is 0 Å². The Morgan fingerprint density at radius 3 is 2.67 bits per heavy atom. The van der Waals surface area contributed by atoms with Gasteiger partial charge in [-0.15, -0.1) is 0 Å². The zero-order valence-electron chi connectivity index (χ0n) is 12.3. The van der Waals surface area contributed by atoms with Gasteiger partial charge < -0.3 is 0 Å². The fourth-order valence-electron chi connectivity index (χ4n) is 2.70. The van der Waals surface area contributed by atoms with Crippen LogP contribution in [-0.4, -0.2) is 4.98 Å². The summed E-state index contributed by atoms with van der Waals surface area (Å²) in [4.78, 5) is 4.25. The van der Waals surface area contributed by atoms with Crippen LogP contribution in [0.1, 0.15) is 28.3 Å². The molecule has 21 heavy (non-hydrogen) atoms. The minimum Gasteiger partial charge on any atom is -0.271 e. The number of aromatic nitrogens is 1. The van der Waals surface area contributed by atoms with Crippen molar-refractivity contribution in [3.05, 3.63) is 77.1 Å². The van der Waals surface area contributed by atoms with Crippen molar-refractivity contribution in [3.63, 3.8) is 0 Å². The molecule has 0 spiro atoms. The molecule has 0 saturated heterocycles. The van der Waals surface area contributed by atoms with Crippen molar-refractivity contribution in [1.29, 1.82) is 0 Å². The van der Waals surface area contributed by atoms with E-state index in [2.05, 4.69) is 60.7 Å². The number of hydrazine groups is 1. The van der Waals surface area contributed by atoms with E-state index in [1.54, 1.807) is 0 Å². The van der Waals surface area contributed by atoms with Gasteiger partial charge in [-0.05, 0) is 47.6 Å². The van der Waals surface area contributed by atoms with E-state index in [0.29, 0.717) is 0 Å². The Morgan fingerprint density at radius 2 is 1.90 bits per heavy atom. The summed E-state index contributed by atoms with van der Waals surface area (Å²) in [6, 6.07) is 14.7. The van der Waals surface area contributed by atoms with E-state index in [4.69, 9.17) is 5.84 Å². The lowest BCUT2D eigenvalue weighted by Gasteiger charge is -2.19. The van der Waals surface area contributed by atoms with Gasteiger partial charge in [0.15, 0.2) is 0 Å². The number of benzene rings is 2. The largest absolute Gasteiger partial charge is 0.271 e. The second kappa shape index (κ2) is 5.64. The lowest BCUT2D eigenvalue weighted by Crippen LogP contribution is -2.29. The number of nitrogens with one attached hydrogen (secondary N) is 1. The lowest BCUT2D eigenvalue weighted by atomic mass is 9.93.